The van der Waals surface area contributed by atoms with E-state index in [1.54, 1.807) is 0 Å². The number of benzene rings is 9. The van der Waals surface area contributed by atoms with Crippen LogP contribution in [-0.2, 0) is 0 Å². The molecule has 0 radical (unpaired) electrons. The lowest BCUT2D eigenvalue weighted by molar-refractivity contribution is 1.07. The van der Waals surface area contributed by atoms with Crippen molar-refractivity contribution < 1.29 is 0 Å². The van der Waals surface area contributed by atoms with Crippen LogP contribution in [0.5, 0.6) is 0 Å². The predicted molar refractivity (Wildman–Crippen MR) is 256 cm³/mol. The first-order valence-corrected chi connectivity index (χ1v) is 21.3. The van der Waals surface area contributed by atoms with Crippen molar-refractivity contribution in [3.8, 4) is 89.8 Å². The first-order chi connectivity index (χ1) is 30.2. The zero-order valence-corrected chi connectivity index (χ0v) is 33.9. The van der Waals surface area contributed by atoms with Gasteiger partial charge in [0.05, 0.1) is 0 Å². The molecule has 0 atom stereocenters. The highest BCUT2D eigenvalue weighted by molar-refractivity contribution is 7.26. The summed E-state index contributed by atoms with van der Waals surface area (Å²) in [7, 11) is 0. The van der Waals surface area contributed by atoms with E-state index >= 15 is 0 Å². The molecule has 286 valence electrons. The van der Waals surface area contributed by atoms with Crippen molar-refractivity contribution in [2.45, 2.75) is 0 Å². The van der Waals surface area contributed by atoms with Gasteiger partial charge in [-0.2, -0.15) is 0 Å². The van der Waals surface area contributed by atoms with Gasteiger partial charge in [0.15, 0.2) is 17.5 Å². The van der Waals surface area contributed by atoms with Crippen molar-refractivity contribution in [3.05, 3.63) is 224 Å². The monoisotopic (exact) mass is 795 g/mol. The first-order valence-electron chi connectivity index (χ1n) is 20.5. The van der Waals surface area contributed by atoms with Gasteiger partial charge in [0.1, 0.15) is 0 Å². The predicted octanol–water partition coefficient (Wildman–Crippen LogP) is 15.6. The fraction of sp³-hybridized carbons (Fsp3) is 0. The Bertz CT molecular complexity index is 3220. The Morgan fingerprint density at radius 2 is 0.590 bits per heavy atom. The third kappa shape index (κ3) is 6.99. The topological polar surface area (TPSA) is 38.7 Å². The number of rotatable bonds is 8. The minimum Gasteiger partial charge on any atom is -0.208 e. The standard InChI is InChI=1S/C57H37N3S/c1-3-14-42(15-4-1)46-18-7-9-21-51(46)56-58-55(59-57(60-56)52-22-10-8-19-47(52)43-16-5-2-6-17-43)45-36-32-41(33-37-45)39-28-26-38(27-29-39)40-30-34-44(35-31-40)48-23-13-24-50-49-20-11-12-25-53(49)61-54(48)50/h1-37H. The third-order valence-electron chi connectivity index (χ3n) is 11.4. The number of hydrogen-bond donors (Lipinski definition) is 0. The highest BCUT2D eigenvalue weighted by atomic mass is 32.1. The van der Waals surface area contributed by atoms with Crippen molar-refractivity contribution in [1.82, 2.24) is 15.0 Å². The molecule has 0 N–H and O–H groups in total. The Labute approximate surface area is 359 Å². The summed E-state index contributed by atoms with van der Waals surface area (Å²) in [5.74, 6) is 1.89. The van der Waals surface area contributed by atoms with Crippen LogP contribution in [0.3, 0.4) is 0 Å². The zero-order chi connectivity index (χ0) is 40.5. The summed E-state index contributed by atoms with van der Waals surface area (Å²) in [4.78, 5) is 15.5. The van der Waals surface area contributed by atoms with Crippen molar-refractivity contribution in [2.75, 3.05) is 0 Å². The van der Waals surface area contributed by atoms with Crippen LogP contribution in [-0.4, -0.2) is 15.0 Å². The fourth-order valence-corrected chi connectivity index (χ4v) is 9.56. The number of aromatic nitrogens is 3. The van der Waals surface area contributed by atoms with Gasteiger partial charge in [-0.1, -0.05) is 218 Å². The largest absolute Gasteiger partial charge is 0.208 e. The van der Waals surface area contributed by atoms with E-state index in [1.807, 2.05) is 35.6 Å². The van der Waals surface area contributed by atoms with E-state index in [9.17, 15) is 0 Å². The molecule has 11 aromatic rings. The molecule has 0 bridgehead atoms. The summed E-state index contributed by atoms with van der Waals surface area (Å²) in [5, 5.41) is 2.65. The molecular formula is C57H37N3S. The maximum atomic E-state index is 5.19. The first kappa shape index (κ1) is 36.3. The number of fused-ring (bicyclic) bond motifs is 3. The average Bonchev–Trinajstić information content (AvgIpc) is 3.74. The van der Waals surface area contributed by atoms with E-state index < -0.39 is 0 Å². The summed E-state index contributed by atoms with van der Waals surface area (Å²) in [5.41, 5.74) is 14.4. The normalized spacial score (nSPS) is 11.3. The summed E-state index contributed by atoms with van der Waals surface area (Å²) in [6.45, 7) is 0. The zero-order valence-electron chi connectivity index (χ0n) is 33.1. The molecule has 0 aliphatic carbocycles. The van der Waals surface area contributed by atoms with Crippen LogP contribution in [0.1, 0.15) is 0 Å². The second-order valence-corrected chi connectivity index (χ2v) is 16.2. The van der Waals surface area contributed by atoms with Crippen LogP contribution in [0.15, 0.2) is 224 Å². The molecule has 4 heteroatoms. The molecule has 0 fully saturated rings. The van der Waals surface area contributed by atoms with Crippen molar-refractivity contribution in [3.63, 3.8) is 0 Å². The number of nitrogens with zero attached hydrogens (tertiary/aromatic N) is 3. The molecule has 2 aromatic heterocycles. The molecule has 11 rings (SSSR count). The molecule has 2 heterocycles. The lowest BCUT2D eigenvalue weighted by atomic mass is 9.97. The quantitative estimate of drug-likeness (QED) is 0.154. The van der Waals surface area contributed by atoms with E-state index in [1.165, 1.54) is 42.4 Å². The van der Waals surface area contributed by atoms with Gasteiger partial charge in [-0.3, -0.25) is 0 Å². The highest BCUT2D eigenvalue weighted by Gasteiger charge is 2.18. The Morgan fingerprint density at radius 1 is 0.230 bits per heavy atom. The molecule has 0 saturated carbocycles. The third-order valence-corrected chi connectivity index (χ3v) is 12.7. The number of hydrogen-bond acceptors (Lipinski definition) is 4. The molecule has 0 aliphatic rings. The summed E-state index contributed by atoms with van der Waals surface area (Å²) >= 11 is 1.87. The van der Waals surface area contributed by atoms with Gasteiger partial charge in [0, 0.05) is 36.9 Å². The molecule has 0 amide bonds. The highest BCUT2D eigenvalue weighted by Crippen LogP contribution is 2.41. The van der Waals surface area contributed by atoms with E-state index in [0.717, 1.165) is 50.1 Å². The Kier molecular flexibility index (Phi) is 9.38. The maximum Gasteiger partial charge on any atom is 0.164 e. The van der Waals surface area contributed by atoms with E-state index in [-0.39, 0.29) is 0 Å². The van der Waals surface area contributed by atoms with Crippen LogP contribution in [0.25, 0.3) is 110 Å². The molecule has 9 aromatic carbocycles. The Hall–Kier alpha value is -7.79. The van der Waals surface area contributed by atoms with Gasteiger partial charge in [0.2, 0.25) is 0 Å². The van der Waals surface area contributed by atoms with Gasteiger partial charge in [-0.05, 0) is 61.7 Å². The fourth-order valence-electron chi connectivity index (χ4n) is 8.32. The number of thiophene rings is 1. The molecule has 3 nitrogen and oxygen atoms in total. The smallest absolute Gasteiger partial charge is 0.164 e. The van der Waals surface area contributed by atoms with Crippen LogP contribution >= 0.6 is 11.3 Å². The van der Waals surface area contributed by atoms with E-state index in [4.69, 9.17) is 15.0 Å². The SMILES string of the molecule is c1ccc(-c2ccccc2-c2nc(-c3ccc(-c4ccc(-c5ccc(-c6cccc7c6sc6ccccc67)cc5)cc4)cc3)nc(-c3ccccc3-c3ccccc3)n2)cc1. The molecule has 0 spiro atoms. The molecule has 61 heavy (non-hydrogen) atoms. The van der Waals surface area contributed by atoms with E-state index in [0.29, 0.717) is 17.5 Å². The molecule has 0 unspecified atom stereocenters. The Morgan fingerprint density at radius 3 is 1.11 bits per heavy atom. The van der Waals surface area contributed by atoms with Gasteiger partial charge in [-0.25, -0.2) is 15.0 Å². The second kappa shape index (κ2) is 15.8. The summed E-state index contributed by atoms with van der Waals surface area (Å²) in [6, 6.07) is 79.2. The van der Waals surface area contributed by atoms with Crippen molar-refractivity contribution in [2.24, 2.45) is 0 Å². The maximum absolute atomic E-state index is 5.19. The minimum absolute atomic E-state index is 0.625. The van der Waals surface area contributed by atoms with E-state index in [2.05, 4.69) is 200 Å². The van der Waals surface area contributed by atoms with Gasteiger partial charge < -0.3 is 0 Å². The van der Waals surface area contributed by atoms with Gasteiger partial charge in [-0.15, -0.1) is 11.3 Å². The van der Waals surface area contributed by atoms with Crippen LogP contribution in [0.2, 0.25) is 0 Å². The van der Waals surface area contributed by atoms with Crippen LogP contribution < -0.4 is 0 Å². The van der Waals surface area contributed by atoms with Gasteiger partial charge >= 0.3 is 0 Å². The minimum atomic E-state index is 0.625. The van der Waals surface area contributed by atoms with Crippen LogP contribution in [0.4, 0.5) is 0 Å². The second-order valence-electron chi connectivity index (χ2n) is 15.1. The van der Waals surface area contributed by atoms with Crippen molar-refractivity contribution >= 4 is 31.5 Å². The molecule has 0 saturated heterocycles. The average molecular weight is 796 g/mol. The van der Waals surface area contributed by atoms with Crippen molar-refractivity contribution in [1.29, 1.82) is 0 Å². The summed E-state index contributed by atoms with van der Waals surface area (Å²) in [6.07, 6.45) is 0. The Balaban J connectivity index is 0.914. The lowest BCUT2D eigenvalue weighted by Crippen LogP contribution is -2.02. The summed E-state index contributed by atoms with van der Waals surface area (Å²) < 4.78 is 2.66. The lowest BCUT2D eigenvalue weighted by Gasteiger charge is -2.14. The molecule has 0 aliphatic heterocycles. The molecular weight excluding hydrogens is 759 g/mol. The van der Waals surface area contributed by atoms with Crippen LogP contribution in [0, 0.1) is 0 Å². The van der Waals surface area contributed by atoms with Gasteiger partial charge in [0.25, 0.3) is 0 Å².